The van der Waals surface area contributed by atoms with E-state index >= 15 is 0 Å². The van der Waals surface area contributed by atoms with Crippen LogP contribution in [0.1, 0.15) is 29.0 Å². The Bertz CT molecular complexity index is 1300. The number of aromatic nitrogens is 2. The van der Waals surface area contributed by atoms with Crippen molar-refractivity contribution in [1.82, 2.24) is 9.97 Å². The zero-order chi connectivity index (χ0) is 22.9. The second-order valence-corrected chi connectivity index (χ2v) is 8.12. The summed E-state index contributed by atoms with van der Waals surface area (Å²) in [4.78, 5) is 47.5. The van der Waals surface area contributed by atoms with Gasteiger partial charge in [-0.25, -0.2) is 0 Å². The number of anilines is 3. The number of methoxy groups -OCH3 is 1. The molecule has 9 heteroatoms. The van der Waals surface area contributed by atoms with E-state index in [1.807, 2.05) is 17.0 Å². The maximum absolute atomic E-state index is 12.9. The molecule has 1 aromatic heterocycles. The first-order valence-corrected chi connectivity index (χ1v) is 10.7. The molecule has 2 aliphatic heterocycles. The van der Waals surface area contributed by atoms with Crippen molar-refractivity contribution in [2.24, 2.45) is 0 Å². The van der Waals surface area contributed by atoms with Gasteiger partial charge in [0.1, 0.15) is 11.6 Å². The van der Waals surface area contributed by atoms with Gasteiger partial charge in [0.05, 0.1) is 18.6 Å². The second kappa shape index (κ2) is 8.42. The van der Waals surface area contributed by atoms with Crippen molar-refractivity contribution in [2.75, 3.05) is 29.2 Å². The number of benzene rings is 2. The number of fused-ring (bicyclic) bond motifs is 2. The molecule has 3 aromatic rings. The average molecular weight is 445 g/mol. The van der Waals surface area contributed by atoms with Crippen LogP contribution >= 0.6 is 0 Å². The van der Waals surface area contributed by atoms with Crippen molar-refractivity contribution in [2.45, 2.75) is 25.3 Å². The third-order valence-corrected chi connectivity index (χ3v) is 6.02. The van der Waals surface area contributed by atoms with E-state index in [9.17, 15) is 14.4 Å². The van der Waals surface area contributed by atoms with Gasteiger partial charge < -0.3 is 20.3 Å². The van der Waals surface area contributed by atoms with Crippen LogP contribution < -0.4 is 25.8 Å². The van der Waals surface area contributed by atoms with Crippen molar-refractivity contribution in [1.29, 1.82) is 0 Å². The molecular formula is C24H23N5O4. The predicted octanol–water partition coefficient (Wildman–Crippen LogP) is 2.41. The maximum atomic E-state index is 12.9. The molecule has 0 saturated carbocycles. The molecule has 33 heavy (non-hydrogen) atoms. The zero-order valence-corrected chi connectivity index (χ0v) is 18.1. The number of amides is 2. The molecule has 0 aliphatic carbocycles. The molecule has 0 saturated heterocycles. The maximum Gasteiger partial charge on any atom is 0.258 e. The summed E-state index contributed by atoms with van der Waals surface area (Å²) in [7, 11) is 1.54. The van der Waals surface area contributed by atoms with Crippen LogP contribution in [-0.4, -0.2) is 35.4 Å². The molecule has 2 aromatic carbocycles. The van der Waals surface area contributed by atoms with Gasteiger partial charge in [-0.2, -0.15) is 4.98 Å². The highest BCUT2D eigenvalue weighted by atomic mass is 16.5. The summed E-state index contributed by atoms with van der Waals surface area (Å²) in [6.45, 7) is 1.33. The van der Waals surface area contributed by atoms with E-state index in [2.05, 4.69) is 32.7 Å². The molecule has 3 N–H and O–H groups in total. The van der Waals surface area contributed by atoms with Gasteiger partial charge in [-0.05, 0) is 29.7 Å². The number of carbonyl (C=O) groups is 2. The first-order chi connectivity index (χ1) is 16.0. The number of hydrogen-bond donors (Lipinski definition) is 3. The molecule has 3 heterocycles. The lowest BCUT2D eigenvalue weighted by atomic mass is 9.99. The first kappa shape index (κ1) is 20.7. The van der Waals surface area contributed by atoms with Crippen molar-refractivity contribution >= 4 is 29.3 Å². The van der Waals surface area contributed by atoms with Gasteiger partial charge in [-0.15, -0.1) is 0 Å². The summed E-state index contributed by atoms with van der Waals surface area (Å²) in [5.74, 6) is -0.465. The van der Waals surface area contributed by atoms with Gasteiger partial charge in [0.15, 0.2) is 0 Å². The van der Waals surface area contributed by atoms with E-state index in [1.165, 1.54) is 18.2 Å². The Morgan fingerprint density at radius 1 is 1.18 bits per heavy atom. The Labute approximate surface area is 189 Å². The molecule has 0 radical (unpaired) electrons. The van der Waals surface area contributed by atoms with Crippen molar-refractivity contribution in [3.63, 3.8) is 0 Å². The average Bonchev–Trinajstić information content (AvgIpc) is 3.13. The van der Waals surface area contributed by atoms with Crippen LogP contribution in [0.3, 0.4) is 0 Å². The van der Waals surface area contributed by atoms with Crippen LogP contribution in [0.25, 0.3) is 0 Å². The molecule has 0 bridgehead atoms. The molecule has 1 atom stereocenters. The van der Waals surface area contributed by atoms with E-state index < -0.39 is 17.4 Å². The largest absolute Gasteiger partial charge is 0.497 e. The van der Waals surface area contributed by atoms with Crippen LogP contribution in [0.15, 0.2) is 53.3 Å². The van der Waals surface area contributed by atoms with E-state index in [0.29, 0.717) is 30.5 Å². The third-order valence-electron chi connectivity index (χ3n) is 6.02. The van der Waals surface area contributed by atoms with Gasteiger partial charge in [0.2, 0.25) is 17.8 Å². The molecule has 0 spiro atoms. The summed E-state index contributed by atoms with van der Waals surface area (Å²) >= 11 is 0. The third kappa shape index (κ3) is 4.05. The highest BCUT2D eigenvalue weighted by molar-refractivity contribution is 6.05. The predicted molar refractivity (Wildman–Crippen MR) is 124 cm³/mol. The number of rotatable bonds is 5. The number of carbonyl (C=O) groups excluding carboxylic acids is 2. The normalized spacial score (nSPS) is 16.6. The monoisotopic (exact) mass is 445 g/mol. The van der Waals surface area contributed by atoms with Gasteiger partial charge >= 0.3 is 0 Å². The number of nitrogens with one attached hydrogen (secondary N) is 3. The van der Waals surface area contributed by atoms with E-state index in [-0.39, 0.29) is 23.7 Å². The lowest BCUT2D eigenvalue weighted by molar-refractivity contribution is -0.122. The minimum absolute atomic E-state index is 0.169. The molecule has 168 valence electrons. The van der Waals surface area contributed by atoms with E-state index in [0.717, 1.165) is 6.42 Å². The summed E-state index contributed by atoms with van der Waals surface area (Å²) < 4.78 is 5.16. The fourth-order valence-electron chi connectivity index (χ4n) is 4.34. The van der Waals surface area contributed by atoms with Crippen molar-refractivity contribution in [3.8, 4) is 5.75 Å². The number of H-pyrrole nitrogens is 1. The Hall–Kier alpha value is -4.14. The lowest BCUT2D eigenvalue weighted by Gasteiger charge is -2.29. The minimum Gasteiger partial charge on any atom is -0.497 e. The number of ether oxygens (including phenoxy) is 1. The van der Waals surface area contributed by atoms with Crippen LogP contribution in [0.5, 0.6) is 5.75 Å². The van der Waals surface area contributed by atoms with Crippen LogP contribution in [0.2, 0.25) is 0 Å². The SMILES string of the molecule is COc1cccc(NC(=O)C[C@@H]2C(=O)Nc3nc(N4CCc5ccccc5C4)[nH]c(=O)c32)c1. The Morgan fingerprint density at radius 2 is 2.00 bits per heavy atom. The lowest BCUT2D eigenvalue weighted by Crippen LogP contribution is -2.33. The Balaban J connectivity index is 1.34. The standard InChI is InChI=1S/C24H23N5O4/c1-33-17-8-4-7-16(11-17)25-19(30)12-18-20-21(26-22(18)31)27-24(28-23(20)32)29-10-9-14-5-2-3-6-15(14)13-29/h2-8,11,18H,9-10,12-13H2,1H3,(H,25,30)(H2,26,27,28,31,32)/t18-/m0/s1. The van der Waals surface area contributed by atoms with Gasteiger partial charge in [0.25, 0.3) is 5.56 Å². The number of aromatic amines is 1. The zero-order valence-electron chi connectivity index (χ0n) is 18.1. The molecule has 0 fully saturated rings. The van der Waals surface area contributed by atoms with Crippen molar-refractivity contribution < 1.29 is 14.3 Å². The highest BCUT2D eigenvalue weighted by Gasteiger charge is 2.37. The highest BCUT2D eigenvalue weighted by Crippen LogP contribution is 2.32. The topological polar surface area (TPSA) is 116 Å². The van der Waals surface area contributed by atoms with Crippen molar-refractivity contribution in [3.05, 3.63) is 75.6 Å². The molecule has 9 nitrogen and oxygen atoms in total. The van der Waals surface area contributed by atoms with E-state index in [1.54, 1.807) is 24.3 Å². The second-order valence-electron chi connectivity index (χ2n) is 8.12. The van der Waals surface area contributed by atoms with Gasteiger partial charge in [0, 0.05) is 31.3 Å². The fraction of sp³-hybridized carbons (Fsp3) is 0.250. The summed E-state index contributed by atoms with van der Waals surface area (Å²) in [5.41, 5.74) is 2.80. The molecule has 5 rings (SSSR count). The molecule has 2 aliphatic rings. The summed E-state index contributed by atoms with van der Waals surface area (Å²) in [5, 5.41) is 5.42. The first-order valence-electron chi connectivity index (χ1n) is 10.7. The molecular weight excluding hydrogens is 422 g/mol. The summed E-state index contributed by atoms with van der Waals surface area (Å²) in [6, 6.07) is 15.1. The van der Waals surface area contributed by atoms with E-state index in [4.69, 9.17) is 4.74 Å². The van der Waals surface area contributed by atoms with Crippen LogP contribution in [-0.2, 0) is 22.6 Å². The molecule has 0 unspecified atom stereocenters. The Morgan fingerprint density at radius 3 is 2.82 bits per heavy atom. The minimum atomic E-state index is -0.905. The summed E-state index contributed by atoms with van der Waals surface area (Å²) in [6.07, 6.45) is 0.674. The van der Waals surface area contributed by atoms with Gasteiger partial charge in [-0.1, -0.05) is 30.3 Å². The fourth-order valence-corrected chi connectivity index (χ4v) is 4.34. The van der Waals surface area contributed by atoms with Gasteiger partial charge in [-0.3, -0.25) is 19.4 Å². The Kier molecular flexibility index (Phi) is 5.29. The van der Waals surface area contributed by atoms with Crippen LogP contribution in [0, 0.1) is 0 Å². The quantitative estimate of drug-likeness (QED) is 0.555. The smallest absolute Gasteiger partial charge is 0.258 e. The molecule has 2 amide bonds. The number of hydrogen-bond acceptors (Lipinski definition) is 6. The van der Waals surface area contributed by atoms with Crippen LogP contribution in [0.4, 0.5) is 17.5 Å². The number of nitrogens with zero attached hydrogens (tertiary/aromatic N) is 2.